The third-order valence-electron chi connectivity index (χ3n) is 4.53. The number of amides is 2. The summed E-state index contributed by atoms with van der Waals surface area (Å²) in [6.07, 6.45) is 0. The van der Waals surface area contributed by atoms with Gasteiger partial charge in [0.05, 0.1) is 15.5 Å². The lowest BCUT2D eigenvalue weighted by atomic mass is 10.2. The number of hydrogen-bond acceptors (Lipinski definition) is 4. The molecule has 0 saturated carbocycles. The monoisotopic (exact) mass is 491 g/mol. The second-order valence-corrected chi connectivity index (χ2v) is 9.69. The highest BCUT2D eigenvalue weighted by Crippen LogP contribution is 2.23. The van der Waals surface area contributed by atoms with Crippen LogP contribution in [0.1, 0.15) is 26.3 Å². The lowest BCUT2D eigenvalue weighted by molar-refractivity contribution is 0.0846. The van der Waals surface area contributed by atoms with Crippen molar-refractivity contribution in [2.75, 3.05) is 7.05 Å². The van der Waals surface area contributed by atoms with Crippen molar-refractivity contribution < 1.29 is 18.0 Å². The summed E-state index contributed by atoms with van der Waals surface area (Å²) in [5.41, 5.74) is 5.49. The van der Waals surface area contributed by atoms with Gasteiger partial charge in [-0.05, 0) is 48.0 Å². The van der Waals surface area contributed by atoms with E-state index in [9.17, 15) is 18.0 Å². The highest BCUT2D eigenvalue weighted by atomic mass is 35.5. The Kier molecular flexibility index (Phi) is 7.52. The molecule has 0 aliphatic heterocycles. The Morgan fingerprint density at radius 3 is 2.16 bits per heavy atom. The van der Waals surface area contributed by atoms with Crippen LogP contribution in [0.5, 0.6) is 0 Å². The standard InChI is InChI=1S/C22H19Cl2N3O4S/c1-27(14-15-5-3-2-4-6-15)32(30,31)18-11-12-20(24)19(13-18)22(29)26-25-21(28)16-7-9-17(23)10-8-16/h2-13H,14H2,1H3,(H,25,28)(H,26,29). The van der Waals surface area contributed by atoms with Crippen molar-refractivity contribution in [1.29, 1.82) is 0 Å². The lowest BCUT2D eigenvalue weighted by Gasteiger charge is -2.18. The Hall–Kier alpha value is -2.91. The first kappa shape index (κ1) is 23.7. The average Bonchev–Trinajstić information content (AvgIpc) is 2.78. The van der Waals surface area contributed by atoms with Crippen LogP contribution in [0.2, 0.25) is 10.0 Å². The summed E-state index contributed by atoms with van der Waals surface area (Å²) >= 11 is 11.9. The lowest BCUT2D eigenvalue weighted by Crippen LogP contribution is -2.41. The molecular formula is C22H19Cl2N3O4S. The van der Waals surface area contributed by atoms with E-state index in [1.807, 2.05) is 30.3 Å². The van der Waals surface area contributed by atoms with E-state index < -0.39 is 21.8 Å². The molecule has 0 bridgehead atoms. The van der Waals surface area contributed by atoms with Crippen LogP contribution in [-0.4, -0.2) is 31.6 Å². The van der Waals surface area contributed by atoms with Crippen molar-refractivity contribution in [3.63, 3.8) is 0 Å². The third kappa shape index (κ3) is 5.66. The molecule has 0 spiro atoms. The molecule has 7 nitrogen and oxygen atoms in total. The number of carbonyl (C=O) groups excluding carboxylic acids is 2. The molecule has 2 N–H and O–H groups in total. The molecule has 0 radical (unpaired) electrons. The number of hydrazine groups is 1. The van der Waals surface area contributed by atoms with Crippen molar-refractivity contribution in [2.45, 2.75) is 11.4 Å². The van der Waals surface area contributed by atoms with Crippen LogP contribution in [0.3, 0.4) is 0 Å². The number of benzene rings is 3. The molecule has 166 valence electrons. The molecule has 0 unspecified atom stereocenters. The van der Waals surface area contributed by atoms with Crippen LogP contribution in [-0.2, 0) is 16.6 Å². The Balaban J connectivity index is 1.74. The predicted molar refractivity (Wildman–Crippen MR) is 123 cm³/mol. The van der Waals surface area contributed by atoms with E-state index in [1.54, 1.807) is 0 Å². The third-order valence-corrected chi connectivity index (χ3v) is 6.92. The van der Waals surface area contributed by atoms with E-state index in [4.69, 9.17) is 23.2 Å². The van der Waals surface area contributed by atoms with E-state index in [1.165, 1.54) is 53.8 Å². The molecule has 3 aromatic rings. The van der Waals surface area contributed by atoms with Crippen molar-refractivity contribution in [2.24, 2.45) is 0 Å². The number of rotatable bonds is 6. The molecule has 10 heteroatoms. The maximum absolute atomic E-state index is 13.0. The minimum atomic E-state index is -3.89. The number of nitrogens with one attached hydrogen (secondary N) is 2. The number of carbonyl (C=O) groups is 2. The minimum absolute atomic E-state index is 0.0351. The number of nitrogens with zero attached hydrogens (tertiary/aromatic N) is 1. The number of hydrogen-bond donors (Lipinski definition) is 2. The Morgan fingerprint density at radius 1 is 0.875 bits per heavy atom. The van der Waals surface area contributed by atoms with Crippen LogP contribution in [0.4, 0.5) is 0 Å². The van der Waals surface area contributed by atoms with Gasteiger partial charge >= 0.3 is 0 Å². The van der Waals surface area contributed by atoms with Gasteiger partial charge in [-0.1, -0.05) is 53.5 Å². The summed E-state index contributed by atoms with van der Waals surface area (Å²) in [5.74, 6) is -1.34. The fourth-order valence-corrected chi connectivity index (χ4v) is 4.31. The molecule has 2 amide bonds. The molecule has 0 fully saturated rings. The van der Waals surface area contributed by atoms with Crippen molar-refractivity contribution in [1.82, 2.24) is 15.2 Å². The molecule has 0 saturated heterocycles. The van der Waals surface area contributed by atoms with Gasteiger partial charge in [0.15, 0.2) is 0 Å². The molecule has 0 atom stereocenters. The van der Waals surface area contributed by atoms with Crippen LogP contribution in [0.25, 0.3) is 0 Å². The zero-order chi connectivity index (χ0) is 23.3. The molecule has 0 aromatic heterocycles. The smallest absolute Gasteiger partial charge is 0.267 e. The summed E-state index contributed by atoms with van der Waals surface area (Å²) < 4.78 is 27.1. The molecule has 0 aliphatic carbocycles. The summed E-state index contributed by atoms with van der Waals surface area (Å²) in [4.78, 5) is 24.6. The van der Waals surface area contributed by atoms with Gasteiger partial charge in [0.1, 0.15) is 0 Å². The first-order valence-electron chi connectivity index (χ1n) is 9.34. The van der Waals surface area contributed by atoms with Gasteiger partial charge in [0, 0.05) is 24.2 Å². The highest BCUT2D eigenvalue weighted by Gasteiger charge is 2.23. The summed E-state index contributed by atoms with van der Waals surface area (Å²) in [6.45, 7) is 0.157. The molecule has 32 heavy (non-hydrogen) atoms. The van der Waals surface area contributed by atoms with Gasteiger partial charge in [-0.2, -0.15) is 4.31 Å². The summed E-state index contributed by atoms with van der Waals surface area (Å²) in [5, 5.41) is 0.500. The molecule has 0 heterocycles. The van der Waals surface area contributed by atoms with Crippen LogP contribution in [0, 0.1) is 0 Å². The number of sulfonamides is 1. The average molecular weight is 492 g/mol. The minimum Gasteiger partial charge on any atom is -0.267 e. The molecule has 3 rings (SSSR count). The highest BCUT2D eigenvalue weighted by molar-refractivity contribution is 7.89. The van der Waals surface area contributed by atoms with Gasteiger partial charge in [0.2, 0.25) is 10.0 Å². The SMILES string of the molecule is CN(Cc1ccccc1)S(=O)(=O)c1ccc(Cl)c(C(=O)NNC(=O)c2ccc(Cl)cc2)c1. The van der Waals surface area contributed by atoms with Crippen molar-refractivity contribution in [3.8, 4) is 0 Å². The summed E-state index contributed by atoms with van der Waals surface area (Å²) in [7, 11) is -2.45. The second-order valence-electron chi connectivity index (χ2n) is 6.80. The summed E-state index contributed by atoms with van der Waals surface area (Å²) in [6, 6.07) is 19.0. The molecular weight excluding hydrogens is 473 g/mol. The topological polar surface area (TPSA) is 95.6 Å². The zero-order valence-electron chi connectivity index (χ0n) is 16.9. The largest absolute Gasteiger partial charge is 0.271 e. The fraction of sp³-hybridized carbons (Fsp3) is 0.0909. The fourth-order valence-electron chi connectivity index (χ4n) is 2.80. The van der Waals surface area contributed by atoms with E-state index >= 15 is 0 Å². The second kappa shape index (κ2) is 10.1. The van der Waals surface area contributed by atoms with Gasteiger partial charge in [-0.3, -0.25) is 20.4 Å². The van der Waals surface area contributed by atoms with Crippen molar-refractivity contribution in [3.05, 3.63) is 99.5 Å². The van der Waals surface area contributed by atoms with E-state index in [0.29, 0.717) is 5.02 Å². The van der Waals surface area contributed by atoms with Gasteiger partial charge in [0.25, 0.3) is 11.8 Å². The maximum atomic E-state index is 13.0. The van der Waals surface area contributed by atoms with Gasteiger partial charge in [-0.25, -0.2) is 8.42 Å². The van der Waals surface area contributed by atoms with Crippen LogP contribution in [0.15, 0.2) is 77.7 Å². The van der Waals surface area contributed by atoms with Crippen LogP contribution >= 0.6 is 23.2 Å². The Labute approximate surface area is 196 Å². The van der Waals surface area contributed by atoms with Crippen LogP contribution < -0.4 is 10.9 Å². The van der Waals surface area contributed by atoms with E-state index in [0.717, 1.165) is 5.56 Å². The Bertz CT molecular complexity index is 1230. The zero-order valence-corrected chi connectivity index (χ0v) is 19.2. The first-order chi connectivity index (χ1) is 15.2. The molecule has 0 aliphatic rings. The number of halogens is 2. The maximum Gasteiger partial charge on any atom is 0.271 e. The normalized spacial score (nSPS) is 11.2. The van der Waals surface area contributed by atoms with Gasteiger partial charge in [-0.15, -0.1) is 0 Å². The van der Waals surface area contributed by atoms with Gasteiger partial charge < -0.3 is 0 Å². The van der Waals surface area contributed by atoms with E-state index in [2.05, 4.69) is 10.9 Å². The van der Waals surface area contributed by atoms with Crippen molar-refractivity contribution >= 4 is 45.0 Å². The first-order valence-corrected chi connectivity index (χ1v) is 11.5. The quantitative estimate of drug-likeness (QED) is 0.511. The molecule has 3 aromatic carbocycles. The predicted octanol–water partition coefficient (Wildman–Crippen LogP) is 3.89. The Morgan fingerprint density at radius 2 is 1.50 bits per heavy atom. The van der Waals surface area contributed by atoms with E-state index in [-0.39, 0.29) is 27.6 Å².